The van der Waals surface area contributed by atoms with Gasteiger partial charge in [0.15, 0.2) is 0 Å². The third kappa shape index (κ3) is 7.65. The second-order valence-electron chi connectivity index (χ2n) is 6.10. The Morgan fingerprint density at radius 1 is 1.29 bits per heavy atom. The average Bonchev–Trinajstić information content (AvgIpc) is 2.33. The van der Waals surface area contributed by atoms with E-state index in [1.165, 1.54) is 0 Å². The van der Waals surface area contributed by atoms with Crippen LogP contribution in [0.4, 0.5) is 0 Å². The maximum atomic E-state index is 11.9. The third-order valence-electron chi connectivity index (χ3n) is 2.97. The first kappa shape index (κ1) is 19.4. The van der Waals surface area contributed by atoms with Crippen LogP contribution in [0.1, 0.15) is 47.5 Å². The topological polar surface area (TPSA) is 119 Å². The molecule has 0 fully saturated rings. The number of aliphatic carboxylic acids is 1. The van der Waals surface area contributed by atoms with Gasteiger partial charge >= 0.3 is 11.9 Å². The van der Waals surface area contributed by atoms with E-state index in [2.05, 4.69) is 5.32 Å². The second kappa shape index (κ2) is 7.97. The molecule has 0 aromatic carbocycles. The van der Waals surface area contributed by atoms with Crippen LogP contribution in [0.15, 0.2) is 0 Å². The van der Waals surface area contributed by atoms with Crippen LogP contribution >= 0.6 is 0 Å². The number of amides is 1. The number of nitrogens with two attached hydrogens (primary N) is 1. The summed E-state index contributed by atoms with van der Waals surface area (Å²) in [7, 11) is 0. The molecule has 0 saturated carbocycles. The van der Waals surface area contributed by atoms with Gasteiger partial charge in [-0.05, 0) is 26.7 Å². The molecule has 0 radical (unpaired) electrons. The first-order valence-corrected chi connectivity index (χ1v) is 6.98. The summed E-state index contributed by atoms with van der Waals surface area (Å²) < 4.78 is 5.04. The molecular weight excluding hydrogens is 276 g/mol. The van der Waals surface area contributed by atoms with Gasteiger partial charge in [0, 0.05) is 0 Å². The summed E-state index contributed by atoms with van der Waals surface area (Å²) in [5, 5.41) is 11.4. The molecule has 0 aromatic heterocycles. The van der Waals surface area contributed by atoms with Crippen molar-refractivity contribution in [3.63, 3.8) is 0 Å². The van der Waals surface area contributed by atoms with Gasteiger partial charge in [-0.2, -0.15) is 0 Å². The highest BCUT2D eigenvalue weighted by molar-refractivity contribution is 5.89. The van der Waals surface area contributed by atoms with E-state index in [0.717, 1.165) is 0 Å². The normalized spacial score (nSPS) is 15.7. The molecule has 3 atom stereocenters. The third-order valence-corrected chi connectivity index (χ3v) is 2.97. The van der Waals surface area contributed by atoms with Crippen molar-refractivity contribution in [1.29, 1.82) is 0 Å². The van der Waals surface area contributed by atoms with Crippen molar-refractivity contribution in [2.45, 2.75) is 65.1 Å². The van der Waals surface area contributed by atoms with Crippen LogP contribution in [0.3, 0.4) is 0 Å². The van der Waals surface area contributed by atoms with Crippen molar-refractivity contribution in [3.8, 4) is 0 Å². The van der Waals surface area contributed by atoms with Crippen LogP contribution in [0.5, 0.6) is 0 Å². The second-order valence-corrected chi connectivity index (χ2v) is 6.10. The molecule has 0 unspecified atom stereocenters. The van der Waals surface area contributed by atoms with Gasteiger partial charge < -0.3 is 20.9 Å². The number of rotatable bonds is 7. The maximum absolute atomic E-state index is 11.9. The molecule has 0 spiro atoms. The molecule has 0 heterocycles. The monoisotopic (exact) mass is 302 g/mol. The van der Waals surface area contributed by atoms with E-state index >= 15 is 0 Å². The Morgan fingerprint density at radius 3 is 2.19 bits per heavy atom. The Bertz CT molecular complexity index is 389. The van der Waals surface area contributed by atoms with Crippen molar-refractivity contribution >= 4 is 17.8 Å². The van der Waals surface area contributed by atoms with E-state index in [9.17, 15) is 14.4 Å². The fraction of sp³-hybridized carbons (Fsp3) is 0.786. The Balaban J connectivity index is 4.68. The predicted octanol–water partition coefficient (Wildman–Crippen LogP) is 0.661. The lowest BCUT2D eigenvalue weighted by atomic mass is 9.99. The van der Waals surface area contributed by atoms with Crippen molar-refractivity contribution < 1.29 is 24.2 Å². The Labute approximate surface area is 125 Å². The highest BCUT2D eigenvalue weighted by atomic mass is 16.6. The average molecular weight is 302 g/mol. The quantitative estimate of drug-likeness (QED) is 0.594. The summed E-state index contributed by atoms with van der Waals surface area (Å²) in [4.78, 5) is 34.7. The van der Waals surface area contributed by atoms with Gasteiger partial charge in [-0.1, -0.05) is 20.3 Å². The Kier molecular flexibility index (Phi) is 7.35. The summed E-state index contributed by atoms with van der Waals surface area (Å²) >= 11 is 0. The smallest absolute Gasteiger partial charge is 0.326 e. The van der Waals surface area contributed by atoms with Gasteiger partial charge in [-0.25, -0.2) is 4.79 Å². The zero-order chi connectivity index (χ0) is 16.8. The molecule has 0 aliphatic rings. The Hall–Kier alpha value is -1.63. The van der Waals surface area contributed by atoms with E-state index in [4.69, 9.17) is 15.6 Å². The highest BCUT2D eigenvalue weighted by Crippen LogP contribution is 2.10. The number of carbonyl (C=O) groups excluding carboxylic acids is 2. The number of carboxylic acid groups (broad SMARTS) is 1. The van der Waals surface area contributed by atoms with Gasteiger partial charge in [0.25, 0.3) is 0 Å². The summed E-state index contributed by atoms with van der Waals surface area (Å²) in [5.74, 6) is -2.65. The lowest BCUT2D eigenvalue weighted by molar-refractivity contribution is -0.158. The van der Waals surface area contributed by atoms with Gasteiger partial charge in [0.2, 0.25) is 5.91 Å². The van der Waals surface area contributed by atoms with Gasteiger partial charge in [0.05, 0.1) is 12.5 Å². The van der Waals surface area contributed by atoms with Gasteiger partial charge in [-0.3, -0.25) is 9.59 Å². The van der Waals surface area contributed by atoms with Crippen LogP contribution in [-0.4, -0.2) is 40.6 Å². The minimum atomic E-state index is -1.34. The lowest BCUT2D eigenvalue weighted by Gasteiger charge is -2.23. The number of carboxylic acids is 1. The first-order chi connectivity index (χ1) is 9.47. The number of ether oxygens (including phenoxy) is 1. The van der Waals surface area contributed by atoms with Crippen LogP contribution < -0.4 is 11.1 Å². The zero-order valence-corrected chi connectivity index (χ0v) is 13.3. The predicted molar refractivity (Wildman–Crippen MR) is 77.5 cm³/mol. The molecule has 7 heteroatoms. The van der Waals surface area contributed by atoms with E-state index in [1.54, 1.807) is 27.7 Å². The molecular formula is C14H26N2O5. The molecule has 0 bridgehead atoms. The fourth-order valence-corrected chi connectivity index (χ4v) is 1.53. The van der Waals surface area contributed by atoms with Crippen LogP contribution in [0, 0.1) is 5.92 Å². The molecule has 21 heavy (non-hydrogen) atoms. The van der Waals surface area contributed by atoms with E-state index in [-0.39, 0.29) is 5.92 Å². The van der Waals surface area contributed by atoms with E-state index in [0.29, 0.717) is 6.42 Å². The Morgan fingerprint density at radius 2 is 1.81 bits per heavy atom. The number of hydrogen-bond donors (Lipinski definition) is 3. The molecule has 122 valence electrons. The fourth-order valence-electron chi connectivity index (χ4n) is 1.53. The number of hydrogen-bond acceptors (Lipinski definition) is 5. The van der Waals surface area contributed by atoms with E-state index < -0.39 is 42.0 Å². The van der Waals surface area contributed by atoms with Crippen LogP contribution in [-0.2, 0) is 19.1 Å². The van der Waals surface area contributed by atoms with Crippen molar-refractivity contribution in [3.05, 3.63) is 0 Å². The molecule has 4 N–H and O–H groups in total. The van der Waals surface area contributed by atoms with Gasteiger partial charge in [-0.15, -0.1) is 0 Å². The number of carbonyl (C=O) groups is 3. The zero-order valence-electron chi connectivity index (χ0n) is 13.3. The molecule has 0 saturated heterocycles. The summed E-state index contributed by atoms with van der Waals surface area (Å²) in [6.45, 7) is 8.72. The SMILES string of the molecule is CC[C@H](C)[C@H](N)C(=O)N[C@@H](CC(=O)OC(C)(C)C)C(=O)O. The van der Waals surface area contributed by atoms with Gasteiger partial charge in [0.1, 0.15) is 11.6 Å². The maximum Gasteiger partial charge on any atom is 0.326 e. The number of nitrogens with one attached hydrogen (secondary N) is 1. The minimum absolute atomic E-state index is 0.0824. The van der Waals surface area contributed by atoms with Crippen LogP contribution in [0.2, 0.25) is 0 Å². The number of esters is 1. The van der Waals surface area contributed by atoms with Crippen molar-refractivity contribution in [1.82, 2.24) is 5.32 Å². The molecule has 1 amide bonds. The molecule has 0 rings (SSSR count). The van der Waals surface area contributed by atoms with Crippen LogP contribution in [0.25, 0.3) is 0 Å². The van der Waals surface area contributed by atoms with Crippen molar-refractivity contribution in [2.24, 2.45) is 11.7 Å². The minimum Gasteiger partial charge on any atom is -0.480 e. The summed E-state index contributed by atoms with van der Waals surface area (Å²) in [5.41, 5.74) is 5.02. The largest absolute Gasteiger partial charge is 0.480 e. The molecule has 7 nitrogen and oxygen atoms in total. The molecule has 0 aliphatic carbocycles. The highest BCUT2D eigenvalue weighted by Gasteiger charge is 2.29. The van der Waals surface area contributed by atoms with Crippen molar-refractivity contribution in [2.75, 3.05) is 0 Å². The standard InChI is InChI=1S/C14H26N2O5/c1-6-8(2)11(15)12(18)16-9(13(19)20)7-10(17)21-14(3,4)5/h8-9,11H,6-7,15H2,1-5H3,(H,16,18)(H,19,20)/t8-,9-,11-/m0/s1. The summed E-state index contributed by atoms with van der Waals surface area (Å²) in [6.07, 6.45) is 0.254. The molecule has 0 aromatic rings. The lowest BCUT2D eigenvalue weighted by Crippen LogP contribution is -2.51. The first-order valence-electron chi connectivity index (χ1n) is 6.98. The van der Waals surface area contributed by atoms with E-state index in [1.807, 2.05) is 6.92 Å². The summed E-state index contributed by atoms with van der Waals surface area (Å²) in [6, 6.07) is -2.15. The molecule has 0 aliphatic heterocycles.